The summed E-state index contributed by atoms with van der Waals surface area (Å²) in [6.07, 6.45) is 5.06. The molecule has 4 rings (SSSR count). The van der Waals surface area contributed by atoms with Gasteiger partial charge in [0.1, 0.15) is 0 Å². The molecule has 1 saturated heterocycles. The van der Waals surface area contributed by atoms with Crippen LogP contribution in [0.4, 0.5) is 0 Å². The Hall–Kier alpha value is -1.72. The summed E-state index contributed by atoms with van der Waals surface area (Å²) in [5.41, 5.74) is 4.86. The van der Waals surface area contributed by atoms with Crippen LogP contribution in [-0.2, 0) is 25.9 Å². The van der Waals surface area contributed by atoms with E-state index in [0.717, 1.165) is 56.7 Å². The van der Waals surface area contributed by atoms with E-state index < -0.39 is 0 Å². The van der Waals surface area contributed by atoms with Crippen LogP contribution in [0.25, 0.3) is 0 Å². The number of amides is 1. The molecule has 2 aliphatic heterocycles. The van der Waals surface area contributed by atoms with Gasteiger partial charge < -0.3 is 4.90 Å². The first kappa shape index (κ1) is 19.6. The first-order valence-corrected chi connectivity index (χ1v) is 11.3. The number of nitrogens with zero attached hydrogens (tertiary/aromatic N) is 3. The Morgan fingerprint density at radius 2 is 2.14 bits per heavy atom. The van der Waals surface area contributed by atoms with E-state index in [0.29, 0.717) is 6.04 Å². The number of likely N-dealkylation sites (tertiary alicyclic amines) is 1. The molecule has 2 aromatic rings. The van der Waals surface area contributed by atoms with Crippen molar-refractivity contribution in [3.63, 3.8) is 0 Å². The molecule has 0 aromatic carbocycles. The normalized spacial score (nSPS) is 21.7. The van der Waals surface area contributed by atoms with E-state index in [2.05, 4.69) is 60.0 Å². The number of carbonyl (C=O) groups is 1. The highest BCUT2D eigenvalue weighted by molar-refractivity contribution is 7.10. The molecule has 0 unspecified atom stereocenters. The number of pyridine rings is 1. The van der Waals surface area contributed by atoms with Crippen molar-refractivity contribution in [3.05, 3.63) is 51.0 Å². The van der Waals surface area contributed by atoms with Gasteiger partial charge in [0.15, 0.2) is 0 Å². The molecule has 150 valence electrons. The number of carbonyl (C=O) groups excluding carboxylic acids is 1. The Morgan fingerprint density at radius 3 is 2.79 bits per heavy atom. The van der Waals surface area contributed by atoms with Gasteiger partial charge in [-0.05, 0) is 48.8 Å². The van der Waals surface area contributed by atoms with Gasteiger partial charge in [-0.3, -0.25) is 14.7 Å². The average molecular weight is 398 g/mol. The van der Waals surface area contributed by atoms with Gasteiger partial charge in [-0.25, -0.2) is 0 Å². The summed E-state index contributed by atoms with van der Waals surface area (Å²) in [6, 6.07) is 4.62. The zero-order valence-electron chi connectivity index (χ0n) is 17.5. The number of hydrogen-bond donors (Lipinski definition) is 0. The van der Waals surface area contributed by atoms with Gasteiger partial charge in [0.25, 0.3) is 5.91 Å². The maximum atomic E-state index is 13.2. The van der Waals surface area contributed by atoms with Crippen LogP contribution < -0.4 is 0 Å². The first-order valence-electron chi connectivity index (χ1n) is 10.5. The molecule has 0 aliphatic carbocycles. The summed E-state index contributed by atoms with van der Waals surface area (Å²) in [4.78, 5) is 23.7. The molecule has 4 heterocycles. The Morgan fingerprint density at radius 1 is 1.32 bits per heavy atom. The molecule has 4 nitrogen and oxygen atoms in total. The number of fused-ring (bicyclic) bond motifs is 1. The maximum Gasteiger partial charge on any atom is 0.255 e. The van der Waals surface area contributed by atoms with Crippen LogP contribution in [0.3, 0.4) is 0 Å². The van der Waals surface area contributed by atoms with Crippen LogP contribution in [0.5, 0.6) is 0 Å². The predicted molar refractivity (Wildman–Crippen MR) is 115 cm³/mol. The molecule has 0 N–H and O–H groups in total. The van der Waals surface area contributed by atoms with Crippen molar-refractivity contribution in [1.82, 2.24) is 14.8 Å². The largest absolute Gasteiger partial charge is 0.335 e. The molecule has 2 aromatic heterocycles. The van der Waals surface area contributed by atoms with Gasteiger partial charge in [0, 0.05) is 48.7 Å². The lowest BCUT2D eigenvalue weighted by Gasteiger charge is -2.30. The van der Waals surface area contributed by atoms with E-state index in [9.17, 15) is 4.79 Å². The second kappa shape index (κ2) is 7.60. The van der Waals surface area contributed by atoms with Gasteiger partial charge in [0.05, 0.1) is 11.3 Å². The predicted octanol–water partition coefficient (Wildman–Crippen LogP) is 4.52. The minimum Gasteiger partial charge on any atom is -0.335 e. The Balaban J connectivity index is 1.45. The molecule has 1 amide bonds. The quantitative estimate of drug-likeness (QED) is 0.761. The lowest BCUT2D eigenvalue weighted by molar-refractivity contribution is 0.0705. The highest BCUT2D eigenvalue weighted by Gasteiger charge is 2.40. The van der Waals surface area contributed by atoms with Crippen LogP contribution in [0.2, 0.25) is 0 Å². The molecule has 1 fully saturated rings. The third kappa shape index (κ3) is 3.62. The Kier molecular flexibility index (Phi) is 5.32. The van der Waals surface area contributed by atoms with Crippen LogP contribution in [0, 0.1) is 5.41 Å². The van der Waals surface area contributed by atoms with Gasteiger partial charge in [-0.2, -0.15) is 0 Å². The first-order chi connectivity index (χ1) is 13.4. The maximum absolute atomic E-state index is 13.2. The fourth-order valence-corrected chi connectivity index (χ4v) is 5.46. The monoisotopic (exact) mass is 397 g/mol. The summed E-state index contributed by atoms with van der Waals surface area (Å²) in [5.74, 6) is 0.237. The lowest BCUT2D eigenvalue weighted by atomic mass is 9.86. The zero-order chi connectivity index (χ0) is 19.9. The van der Waals surface area contributed by atoms with E-state index in [1.165, 1.54) is 16.0 Å². The minimum absolute atomic E-state index is 0.211. The smallest absolute Gasteiger partial charge is 0.255 e. The second-order valence-corrected chi connectivity index (χ2v) is 9.90. The van der Waals surface area contributed by atoms with Crippen molar-refractivity contribution in [2.45, 2.75) is 66.1 Å². The van der Waals surface area contributed by atoms with Crippen molar-refractivity contribution in [2.24, 2.45) is 5.41 Å². The Labute approximate surface area is 172 Å². The standard InChI is InChI=1S/C23H31N3OS/c1-5-17-6-7-18(24-12-17)13-25-10-8-19-20(15-28-21(19)14-25)22(27)26-11-9-23(3,4)16(26)2/h6-7,12,15-16H,5,8-11,13-14H2,1-4H3/t16-/m0/s1. The molecule has 0 radical (unpaired) electrons. The molecular formula is C23H31N3OS. The van der Waals surface area contributed by atoms with Crippen LogP contribution in [0.1, 0.15) is 66.2 Å². The average Bonchev–Trinajstić information content (AvgIpc) is 3.22. The van der Waals surface area contributed by atoms with Crippen LogP contribution in [-0.4, -0.2) is 39.8 Å². The van der Waals surface area contributed by atoms with Gasteiger partial charge in [-0.1, -0.05) is 26.8 Å². The summed E-state index contributed by atoms with van der Waals surface area (Å²) in [6.45, 7) is 12.6. The van der Waals surface area contributed by atoms with Gasteiger partial charge in [0.2, 0.25) is 0 Å². The van der Waals surface area contributed by atoms with Crippen molar-refractivity contribution < 1.29 is 4.79 Å². The number of aryl methyl sites for hydroxylation is 1. The second-order valence-electron chi connectivity index (χ2n) is 8.94. The van der Waals surface area contributed by atoms with E-state index in [1.54, 1.807) is 11.3 Å². The van der Waals surface area contributed by atoms with E-state index in [1.807, 2.05) is 6.20 Å². The fourth-order valence-electron chi connectivity index (χ4n) is 4.35. The lowest BCUT2D eigenvalue weighted by Crippen LogP contribution is -2.39. The summed E-state index contributed by atoms with van der Waals surface area (Å²) in [5, 5.41) is 2.10. The van der Waals surface area contributed by atoms with Gasteiger partial charge >= 0.3 is 0 Å². The molecular weight excluding hydrogens is 366 g/mol. The number of rotatable bonds is 4. The molecule has 0 bridgehead atoms. The Bertz CT molecular complexity index is 855. The van der Waals surface area contributed by atoms with Crippen LogP contribution in [0.15, 0.2) is 23.7 Å². The van der Waals surface area contributed by atoms with Crippen molar-refractivity contribution in [1.29, 1.82) is 0 Å². The third-order valence-corrected chi connectivity index (χ3v) is 7.81. The SMILES string of the molecule is CCc1ccc(CN2CCc3c(C(=O)N4CCC(C)(C)[C@@H]4C)csc3C2)nc1. The molecule has 5 heteroatoms. The summed E-state index contributed by atoms with van der Waals surface area (Å²) >= 11 is 1.75. The fraction of sp³-hybridized carbons (Fsp3) is 0.565. The molecule has 2 aliphatic rings. The van der Waals surface area contributed by atoms with E-state index in [-0.39, 0.29) is 11.3 Å². The molecule has 0 spiro atoms. The summed E-state index contributed by atoms with van der Waals surface area (Å²) < 4.78 is 0. The van der Waals surface area contributed by atoms with Crippen molar-refractivity contribution in [2.75, 3.05) is 13.1 Å². The third-order valence-electron chi connectivity index (χ3n) is 6.79. The van der Waals surface area contributed by atoms with E-state index in [4.69, 9.17) is 0 Å². The molecule has 28 heavy (non-hydrogen) atoms. The van der Waals surface area contributed by atoms with Crippen molar-refractivity contribution in [3.8, 4) is 0 Å². The van der Waals surface area contributed by atoms with Gasteiger partial charge in [-0.15, -0.1) is 11.3 Å². The zero-order valence-corrected chi connectivity index (χ0v) is 18.3. The molecule has 0 saturated carbocycles. The number of aromatic nitrogens is 1. The molecule has 1 atom stereocenters. The number of thiophene rings is 1. The van der Waals surface area contributed by atoms with Crippen LogP contribution >= 0.6 is 11.3 Å². The highest BCUT2D eigenvalue weighted by Crippen LogP contribution is 2.38. The highest BCUT2D eigenvalue weighted by atomic mass is 32.1. The van der Waals surface area contributed by atoms with Crippen molar-refractivity contribution >= 4 is 17.2 Å². The minimum atomic E-state index is 0.211. The van der Waals surface area contributed by atoms with E-state index >= 15 is 0 Å². The number of hydrogen-bond acceptors (Lipinski definition) is 4. The summed E-state index contributed by atoms with van der Waals surface area (Å²) in [7, 11) is 0. The topological polar surface area (TPSA) is 36.4 Å².